The van der Waals surface area contributed by atoms with Crippen LogP contribution >= 0.6 is 11.6 Å². The maximum absolute atomic E-state index is 14.0. The van der Waals surface area contributed by atoms with Gasteiger partial charge in [-0.25, -0.2) is 9.37 Å². The molecule has 146 valence electrons. The van der Waals surface area contributed by atoms with Crippen LogP contribution in [0.3, 0.4) is 0 Å². The molecule has 1 saturated heterocycles. The molecule has 5 nitrogen and oxygen atoms in total. The molecule has 0 bridgehead atoms. The zero-order valence-corrected chi connectivity index (χ0v) is 16.7. The lowest BCUT2D eigenvalue weighted by molar-refractivity contribution is 0.0622. The van der Waals surface area contributed by atoms with Crippen LogP contribution < -0.4 is 0 Å². The quantitative estimate of drug-likeness (QED) is 0.673. The Bertz CT molecular complexity index is 1040. The maximum Gasteiger partial charge on any atom is 0.256 e. The SMILES string of the molecule is Cc1ccn2c(CN3CCN(C(=O)c4cc(Cl)ccc4F)CC3)c(C)nc2c1. The summed E-state index contributed by atoms with van der Waals surface area (Å²) in [6.07, 6.45) is 2.06. The molecule has 1 fully saturated rings. The number of pyridine rings is 1. The first-order chi connectivity index (χ1) is 13.4. The van der Waals surface area contributed by atoms with Crippen molar-refractivity contribution in [1.82, 2.24) is 19.2 Å². The van der Waals surface area contributed by atoms with Crippen molar-refractivity contribution in [2.75, 3.05) is 26.2 Å². The van der Waals surface area contributed by atoms with E-state index < -0.39 is 5.82 Å². The first-order valence-corrected chi connectivity index (χ1v) is 9.71. The van der Waals surface area contributed by atoms with Crippen molar-refractivity contribution in [3.63, 3.8) is 0 Å². The largest absolute Gasteiger partial charge is 0.336 e. The number of aromatic nitrogens is 2. The Hall–Kier alpha value is -2.44. The summed E-state index contributed by atoms with van der Waals surface area (Å²) in [4.78, 5) is 21.3. The van der Waals surface area contributed by atoms with Gasteiger partial charge in [-0.05, 0) is 49.7 Å². The number of carbonyl (C=O) groups is 1. The molecule has 28 heavy (non-hydrogen) atoms. The Morgan fingerprint density at radius 3 is 2.64 bits per heavy atom. The molecule has 1 aromatic carbocycles. The number of hydrogen-bond acceptors (Lipinski definition) is 3. The zero-order chi connectivity index (χ0) is 19.8. The Morgan fingerprint density at radius 2 is 1.89 bits per heavy atom. The highest BCUT2D eigenvalue weighted by atomic mass is 35.5. The van der Waals surface area contributed by atoms with Gasteiger partial charge in [0.15, 0.2) is 0 Å². The molecule has 0 unspecified atom stereocenters. The Balaban J connectivity index is 1.44. The number of aryl methyl sites for hydroxylation is 2. The summed E-state index contributed by atoms with van der Waals surface area (Å²) < 4.78 is 16.1. The van der Waals surface area contributed by atoms with Crippen molar-refractivity contribution >= 4 is 23.2 Å². The van der Waals surface area contributed by atoms with Crippen molar-refractivity contribution in [1.29, 1.82) is 0 Å². The normalized spacial score (nSPS) is 15.4. The van der Waals surface area contributed by atoms with Gasteiger partial charge < -0.3 is 9.30 Å². The smallest absolute Gasteiger partial charge is 0.256 e. The van der Waals surface area contributed by atoms with Gasteiger partial charge in [0.25, 0.3) is 5.91 Å². The third-order valence-corrected chi connectivity index (χ3v) is 5.51. The average Bonchev–Trinajstić information content (AvgIpc) is 2.98. The number of benzene rings is 1. The minimum atomic E-state index is -0.534. The first kappa shape index (κ1) is 18.9. The summed E-state index contributed by atoms with van der Waals surface area (Å²) >= 11 is 5.92. The number of piperazine rings is 1. The summed E-state index contributed by atoms with van der Waals surface area (Å²) in [7, 11) is 0. The fourth-order valence-corrected chi connectivity index (χ4v) is 3.83. The lowest BCUT2D eigenvalue weighted by Gasteiger charge is -2.34. The molecule has 1 aliphatic heterocycles. The Kier molecular flexibility index (Phi) is 5.08. The number of amides is 1. The van der Waals surface area contributed by atoms with Gasteiger partial charge in [-0.15, -0.1) is 0 Å². The Labute approximate surface area is 168 Å². The number of imidazole rings is 1. The minimum absolute atomic E-state index is 0.0361. The van der Waals surface area contributed by atoms with E-state index in [9.17, 15) is 9.18 Å². The summed E-state index contributed by atoms with van der Waals surface area (Å²) in [5, 5.41) is 0.363. The van der Waals surface area contributed by atoms with Crippen LogP contribution in [0.15, 0.2) is 36.5 Å². The summed E-state index contributed by atoms with van der Waals surface area (Å²) in [6.45, 7) is 7.42. The van der Waals surface area contributed by atoms with Crippen LogP contribution in [0.1, 0.15) is 27.3 Å². The number of fused-ring (bicyclic) bond motifs is 1. The number of halogens is 2. The van der Waals surface area contributed by atoms with E-state index in [0.717, 1.165) is 36.7 Å². The second kappa shape index (κ2) is 7.53. The third-order valence-electron chi connectivity index (χ3n) is 5.27. The van der Waals surface area contributed by atoms with Crippen molar-refractivity contribution in [2.24, 2.45) is 0 Å². The van der Waals surface area contributed by atoms with Gasteiger partial charge in [0, 0.05) is 43.9 Å². The van der Waals surface area contributed by atoms with Crippen molar-refractivity contribution < 1.29 is 9.18 Å². The van der Waals surface area contributed by atoms with E-state index in [1.165, 1.54) is 23.8 Å². The predicted octanol–water partition coefficient (Wildman–Crippen LogP) is 3.70. The molecule has 3 heterocycles. The average molecular weight is 401 g/mol. The predicted molar refractivity (Wildman–Crippen MR) is 107 cm³/mol. The molecule has 3 aromatic rings. The summed E-state index contributed by atoms with van der Waals surface area (Å²) in [6, 6.07) is 8.24. The molecule has 0 aliphatic carbocycles. The highest BCUT2D eigenvalue weighted by Crippen LogP contribution is 2.19. The molecule has 0 N–H and O–H groups in total. The first-order valence-electron chi connectivity index (χ1n) is 9.33. The van der Waals surface area contributed by atoms with E-state index in [2.05, 4.69) is 39.5 Å². The van der Waals surface area contributed by atoms with Crippen LogP contribution in [0.2, 0.25) is 5.02 Å². The van der Waals surface area contributed by atoms with Gasteiger partial charge in [0.1, 0.15) is 11.5 Å². The topological polar surface area (TPSA) is 40.9 Å². The van der Waals surface area contributed by atoms with Gasteiger partial charge in [0.05, 0.1) is 17.0 Å². The molecule has 1 aliphatic rings. The molecule has 1 amide bonds. The molecular formula is C21H22ClFN4O. The standard InChI is InChI=1S/C21H22ClFN4O/c1-14-5-6-27-19(15(2)24-20(27)11-14)13-25-7-9-26(10-8-25)21(28)17-12-16(22)3-4-18(17)23/h3-6,11-12H,7-10,13H2,1-2H3. The second-order valence-electron chi connectivity index (χ2n) is 7.27. The molecule has 0 saturated carbocycles. The number of rotatable bonds is 3. The third kappa shape index (κ3) is 3.62. The number of carbonyl (C=O) groups excluding carboxylic acids is 1. The lowest BCUT2D eigenvalue weighted by atomic mass is 10.1. The fraction of sp³-hybridized carbons (Fsp3) is 0.333. The fourth-order valence-electron chi connectivity index (χ4n) is 3.66. The van der Waals surface area contributed by atoms with Crippen LogP contribution in [-0.4, -0.2) is 51.3 Å². The highest BCUT2D eigenvalue weighted by Gasteiger charge is 2.25. The van der Waals surface area contributed by atoms with Gasteiger partial charge in [0.2, 0.25) is 0 Å². The zero-order valence-electron chi connectivity index (χ0n) is 16.0. The second-order valence-corrected chi connectivity index (χ2v) is 7.71. The monoisotopic (exact) mass is 400 g/mol. The van der Waals surface area contributed by atoms with Gasteiger partial charge in [-0.2, -0.15) is 0 Å². The molecule has 0 spiro atoms. The van der Waals surface area contributed by atoms with E-state index in [0.29, 0.717) is 18.1 Å². The lowest BCUT2D eigenvalue weighted by Crippen LogP contribution is -2.48. The number of hydrogen-bond donors (Lipinski definition) is 0. The summed E-state index contributed by atoms with van der Waals surface area (Å²) in [5.41, 5.74) is 4.36. The maximum atomic E-state index is 14.0. The van der Waals surface area contributed by atoms with Gasteiger partial charge in [-0.3, -0.25) is 9.69 Å². The van der Waals surface area contributed by atoms with Crippen molar-refractivity contribution in [2.45, 2.75) is 20.4 Å². The van der Waals surface area contributed by atoms with E-state index in [1.54, 1.807) is 4.90 Å². The van der Waals surface area contributed by atoms with Crippen molar-refractivity contribution in [3.8, 4) is 0 Å². The van der Waals surface area contributed by atoms with Crippen LogP contribution in [0.4, 0.5) is 4.39 Å². The van der Waals surface area contributed by atoms with Gasteiger partial charge >= 0.3 is 0 Å². The van der Waals surface area contributed by atoms with E-state index in [1.807, 2.05) is 6.92 Å². The van der Waals surface area contributed by atoms with E-state index in [4.69, 9.17) is 11.6 Å². The van der Waals surface area contributed by atoms with Crippen LogP contribution in [0.5, 0.6) is 0 Å². The van der Waals surface area contributed by atoms with E-state index >= 15 is 0 Å². The van der Waals surface area contributed by atoms with E-state index in [-0.39, 0.29) is 11.5 Å². The highest BCUT2D eigenvalue weighted by molar-refractivity contribution is 6.31. The van der Waals surface area contributed by atoms with Crippen LogP contribution in [0.25, 0.3) is 5.65 Å². The molecule has 7 heteroatoms. The minimum Gasteiger partial charge on any atom is -0.336 e. The Morgan fingerprint density at radius 1 is 1.14 bits per heavy atom. The van der Waals surface area contributed by atoms with Crippen LogP contribution in [0, 0.1) is 19.7 Å². The molecule has 0 radical (unpaired) electrons. The molecule has 2 aromatic heterocycles. The molecular weight excluding hydrogens is 379 g/mol. The number of nitrogens with zero attached hydrogens (tertiary/aromatic N) is 4. The summed E-state index contributed by atoms with van der Waals surface area (Å²) in [5.74, 6) is -0.838. The molecule has 4 rings (SSSR count). The van der Waals surface area contributed by atoms with Crippen LogP contribution in [-0.2, 0) is 6.54 Å². The van der Waals surface area contributed by atoms with Crippen molar-refractivity contribution in [3.05, 3.63) is 69.9 Å². The van der Waals surface area contributed by atoms with Gasteiger partial charge in [-0.1, -0.05) is 11.6 Å². The molecule has 0 atom stereocenters.